The van der Waals surface area contributed by atoms with Crippen LogP contribution < -0.4 is 0 Å². The second-order valence-corrected chi connectivity index (χ2v) is 4.94. The Hall–Kier alpha value is -2.19. The van der Waals surface area contributed by atoms with Gasteiger partial charge in [-0.2, -0.15) is 10.1 Å². The molecule has 1 saturated carbocycles. The lowest BCUT2D eigenvalue weighted by atomic mass is 9.89. The molecule has 0 atom stereocenters. The van der Waals surface area contributed by atoms with Crippen molar-refractivity contribution in [2.24, 2.45) is 4.99 Å². The molecule has 2 aromatic rings. The molecule has 0 radical (unpaired) electrons. The standard InChI is InChI=1S/C15H15N3O/c19-12-16-15(8-1-2-9-15)13-4-6-14(7-5-13)18-11-3-10-17-18/h3-7,10-11H,1-2,8-9H2. The van der Waals surface area contributed by atoms with Crippen molar-refractivity contribution in [3.8, 4) is 5.69 Å². The van der Waals surface area contributed by atoms with E-state index in [1.807, 2.05) is 41.2 Å². The minimum atomic E-state index is -0.343. The number of hydrogen-bond donors (Lipinski definition) is 0. The van der Waals surface area contributed by atoms with E-state index >= 15 is 0 Å². The van der Waals surface area contributed by atoms with Crippen LogP contribution in [0, 0.1) is 0 Å². The fourth-order valence-electron chi connectivity index (χ4n) is 2.86. The third kappa shape index (κ3) is 2.11. The zero-order valence-corrected chi connectivity index (χ0v) is 10.6. The largest absolute Gasteiger partial charge is 0.241 e. The van der Waals surface area contributed by atoms with Gasteiger partial charge < -0.3 is 0 Å². The lowest BCUT2D eigenvalue weighted by Gasteiger charge is -2.22. The van der Waals surface area contributed by atoms with E-state index in [4.69, 9.17) is 0 Å². The summed E-state index contributed by atoms with van der Waals surface area (Å²) in [4.78, 5) is 14.8. The number of isocyanates is 1. The van der Waals surface area contributed by atoms with Crippen molar-refractivity contribution in [2.75, 3.05) is 0 Å². The molecule has 3 rings (SSSR count). The van der Waals surface area contributed by atoms with E-state index in [1.54, 1.807) is 12.3 Å². The Kier molecular flexibility index (Phi) is 3.02. The Balaban J connectivity index is 1.95. The molecule has 19 heavy (non-hydrogen) atoms. The van der Waals surface area contributed by atoms with Crippen molar-refractivity contribution in [2.45, 2.75) is 31.2 Å². The van der Waals surface area contributed by atoms with E-state index in [9.17, 15) is 4.79 Å². The van der Waals surface area contributed by atoms with E-state index in [-0.39, 0.29) is 5.54 Å². The summed E-state index contributed by atoms with van der Waals surface area (Å²) in [5, 5.41) is 4.20. The minimum Gasteiger partial charge on any atom is -0.241 e. The number of aliphatic imine (C=N–C) groups is 1. The highest BCUT2D eigenvalue weighted by Gasteiger charge is 2.35. The van der Waals surface area contributed by atoms with Gasteiger partial charge >= 0.3 is 0 Å². The van der Waals surface area contributed by atoms with Gasteiger partial charge in [-0.25, -0.2) is 9.48 Å². The van der Waals surface area contributed by atoms with Gasteiger partial charge in [-0.1, -0.05) is 25.0 Å². The van der Waals surface area contributed by atoms with Gasteiger partial charge in [0.15, 0.2) is 0 Å². The van der Waals surface area contributed by atoms with Gasteiger partial charge in [0.2, 0.25) is 6.08 Å². The predicted molar refractivity (Wildman–Crippen MR) is 71.8 cm³/mol. The molecule has 0 aliphatic heterocycles. The molecule has 0 N–H and O–H groups in total. The third-order valence-corrected chi connectivity index (χ3v) is 3.86. The molecule has 1 heterocycles. The topological polar surface area (TPSA) is 47.2 Å². The van der Waals surface area contributed by atoms with Crippen molar-refractivity contribution in [1.82, 2.24) is 9.78 Å². The molecule has 0 unspecified atom stereocenters. The van der Waals surface area contributed by atoms with Crippen LogP contribution in [0.4, 0.5) is 0 Å². The van der Waals surface area contributed by atoms with E-state index in [0.717, 1.165) is 36.9 Å². The second kappa shape index (κ2) is 4.82. The molecule has 4 heteroatoms. The van der Waals surface area contributed by atoms with Gasteiger partial charge in [-0.15, -0.1) is 0 Å². The van der Waals surface area contributed by atoms with E-state index < -0.39 is 0 Å². The molecule has 1 aliphatic rings. The Morgan fingerprint density at radius 1 is 1.21 bits per heavy atom. The number of aromatic nitrogens is 2. The van der Waals surface area contributed by atoms with Crippen molar-refractivity contribution < 1.29 is 4.79 Å². The van der Waals surface area contributed by atoms with Crippen LogP contribution in [0.15, 0.2) is 47.7 Å². The lowest BCUT2D eigenvalue weighted by Crippen LogP contribution is -2.18. The molecular weight excluding hydrogens is 238 g/mol. The Labute approximate surface area is 111 Å². The molecule has 1 fully saturated rings. The molecule has 4 nitrogen and oxygen atoms in total. The van der Waals surface area contributed by atoms with Crippen LogP contribution in [-0.4, -0.2) is 15.9 Å². The van der Waals surface area contributed by atoms with E-state index in [0.29, 0.717) is 0 Å². The van der Waals surface area contributed by atoms with Crippen molar-refractivity contribution in [3.05, 3.63) is 48.3 Å². The fourth-order valence-corrected chi connectivity index (χ4v) is 2.86. The van der Waals surface area contributed by atoms with Crippen LogP contribution in [0.2, 0.25) is 0 Å². The molecule has 0 saturated heterocycles. The highest BCUT2D eigenvalue weighted by atomic mass is 16.1. The number of carbonyl (C=O) groups excluding carboxylic acids is 1. The first kappa shape index (κ1) is 11.9. The zero-order valence-electron chi connectivity index (χ0n) is 10.6. The quantitative estimate of drug-likeness (QED) is 0.623. The summed E-state index contributed by atoms with van der Waals surface area (Å²) in [6.45, 7) is 0. The summed E-state index contributed by atoms with van der Waals surface area (Å²) in [6, 6.07) is 10.0. The summed E-state index contributed by atoms with van der Waals surface area (Å²) in [5.41, 5.74) is 1.77. The Bertz CT molecular complexity index is 589. The molecule has 96 valence electrons. The SMILES string of the molecule is O=C=NC1(c2ccc(-n3cccn3)cc2)CCCC1. The van der Waals surface area contributed by atoms with Gasteiger partial charge in [0.1, 0.15) is 0 Å². The molecular formula is C15H15N3O. The van der Waals surface area contributed by atoms with Gasteiger partial charge in [0, 0.05) is 12.4 Å². The van der Waals surface area contributed by atoms with Gasteiger partial charge in [0.05, 0.1) is 11.2 Å². The first-order chi connectivity index (χ1) is 9.34. The molecule has 1 aromatic carbocycles. The highest BCUT2D eigenvalue weighted by molar-refractivity contribution is 5.41. The third-order valence-electron chi connectivity index (χ3n) is 3.86. The summed E-state index contributed by atoms with van der Waals surface area (Å²) in [7, 11) is 0. The zero-order chi connectivity index (χ0) is 13.1. The summed E-state index contributed by atoms with van der Waals surface area (Å²) in [5.74, 6) is 0. The van der Waals surface area contributed by atoms with E-state index in [1.165, 1.54) is 0 Å². The lowest BCUT2D eigenvalue weighted by molar-refractivity contribution is 0.456. The van der Waals surface area contributed by atoms with Crippen LogP contribution in [0.25, 0.3) is 5.69 Å². The maximum atomic E-state index is 10.7. The van der Waals surface area contributed by atoms with Crippen LogP contribution in [0.1, 0.15) is 31.2 Å². The Morgan fingerprint density at radius 3 is 2.53 bits per heavy atom. The number of nitrogens with zero attached hydrogens (tertiary/aromatic N) is 3. The maximum absolute atomic E-state index is 10.7. The van der Waals surface area contributed by atoms with Crippen LogP contribution in [-0.2, 0) is 10.3 Å². The number of benzene rings is 1. The normalized spacial score (nSPS) is 17.1. The maximum Gasteiger partial charge on any atom is 0.235 e. The molecule has 1 aliphatic carbocycles. The molecule has 0 bridgehead atoms. The smallest absolute Gasteiger partial charge is 0.235 e. The predicted octanol–water partition coefficient (Wildman–Crippen LogP) is 2.98. The van der Waals surface area contributed by atoms with Crippen molar-refractivity contribution in [3.63, 3.8) is 0 Å². The Morgan fingerprint density at radius 2 is 1.95 bits per heavy atom. The first-order valence-corrected chi connectivity index (χ1v) is 6.54. The van der Waals surface area contributed by atoms with Gasteiger partial charge in [0.25, 0.3) is 0 Å². The first-order valence-electron chi connectivity index (χ1n) is 6.54. The molecule has 1 aromatic heterocycles. The minimum absolute atomic E-state index is 0.343. The number of hydrogen-bond acceptors (Lipinski definition) is 3. The highest BCUT2D eigenvalue weighted by Crippen LogP contribution is 2.42. The van der Waals surface area contributed by atoms with Crippen LogP contribution in [0.3, 0.4) is 0 Å². The van der Waals surface area contributed by atoms with Gasteiger partial charge in [-0.05, 0) is 36.6 Å². The summed E-state index contributed by atoms with van der Waals surface area (Å²) in [6.07, 6.45) is 9.51. The number of rotatable bonds is 3. The second-order valence-electron chi connectivity index (χ2n) is 4.94. The van der Waals surface area contributed by atoms with Crippen LogP contribution in [0.5, 0.6) is 0 Å². The molecule has 0 amide bonds. The monoisotopic (exact) mass is 253 g/mol. The fraction of sp³-hybridized carbons (Fsp3) is 0.333. The average Bonchev–Trinajstić information content (AvgIpc) is 3.11. The van der Waals surface area contributed by atoms with Crippen LogP contribution >= 0.6 is 0 Å². The molecule has 0 spiro atoms. The van der Waals surface area contributed by atoms with Gasteiger partial charge in [-0.3, -0.25) is 0 Å². The van der Waals surface area contributed by atoms with Crippen molar-refractivity contribution >= 4 is 6.08 Å². The van der Waals surface area contributed by atoms with Crippen molar-refractivity contribution in [1.29, 1.82) is 0 Å². The average molecular weight is 253 g/mol. The summed E-state index contributed by atoms with van der Waals surface area (Å²) < 4.78 is 1.81. The summed E-state index contributed by atoms with van der Waals surface area (Å²) >= 11 is 0. The van der Waals surface area contributed by atoms with E-state index in [2.05, 4.69) is 10.1 Å².